The molecule has 7 nitrogen and oxygen atoms in total. The quantitative estimate of drug-likeness (QED) is 0.498. The van der Waals surface area contributed by atoms with Gasteiger partial charge in [-0.15, -0.1) is 11.3 Å². The Morgan fingerprint density at radius 3 is 2.70 bits per heavy atom. The van der Waals surface area contributed by atoms with Gasteiger partial charge in [0.05, 0.1) is 25.6 Å². The normalized spacial score (nSPS) is 10.8. The number of anilines is 1. The Morgan fingerprint density at radius 2 is 1.97 bits per heavy atom. The molecule has 0 aliphatic heterocycles. The fraction of sp³-hybridized carbons (Fsp3) is 0.0952. The summed E-state index contributed by atoms with van der Waals surface area (Å²) in [5.74, 6) is 0.366. The lowest BCUT2D eigenvalue weighted by molar-refractivity contribution is 0.102. The number of thiazole rings is 1. The molecule has 0 saturated carbocycles. The van der Waals surface area contributed by atoms with E-state index in [0.717, 1.165) is 0 Å². The topological polar surface area (TPSA) is 81.9 Å². The van der Waals surface area contributed by atoms with Crippen molar-refractivity contribution in [2.75, 3.05) is 19.5 Å². The Kier molecular flexibility index (Phi) is 5.43. The van der Waals surface area contributed by atoms with Crippen LogP contribution in [0.15, 0.2) is 58.8 Å². The van der Waals surface area contributed by atoms with E-state index in [9.17, 15) is 9.59 Å². The number of carbonyl (C=O) groups is 1. The van der Waals surface area contributed by atoms with Crippen molar-refractivity contribution in [3.63, 3.8) is 0 Å². The van der Waals surface area contributed by atoms with Gasteiger partial charge in [0.25, 0.3) is 11.5 Å². The molecule has 0 fully saturated rings. The fourth-order valence-electron chi connectivity index (χ4n) is 3.01. The summed E-state index contributed by atoms with van der Waals surface area (Å²) in [7, 11) is 3.01. The van der Waals surface area contributed by atoms with Crippen molar-refractivity contribution >= 4 is 39.5 Å². The summed E-state index contributed by atoms with van der Waals surface area (Å²) in [5, 5.41) is 4.99. The summed E-state index contributed by atoms with van der Waals surface area (Å²) in [6, 6.07) is 12.2. The summed E-state index contributed by atoms with van der Waals surface area (Å²) >= 11 is 7.60. The smallest absolute Gasteiger partial charge is 0.271 e. The van der Waals surface area contributed by atoms with Gasteiger partial charge in [-0.1, -0.05) is 29.8 Å². The van der Waals surface area contributed by atoms with Crippen LogP contribution in [0.4, 0.5) is 5.69 Å². The molecule has 0 saturated heterocycles. The predicted octanol–water partition coefficient (Wildman–Crippen LogP) is 4.35. The third kappa shape index (κ3) is 3.51. The molecule has 4 rings (SSSR count). The van der Waals surface area contributed by atoms with Crippen LogP contribution in [0, 0.1) is 0 Å². The summed E-state index contributed by atoms with van der Waals surface area (Å²) in [4.78, 5) is 30.8. The number of amides is 1. The maximum absolute atomic E-state index is 13.2. The van der Waals surface area contributed by atoms with Crippen molar-refractivity contribution in [1.82, 2.24) is 9.38 Å². The van der Waals surface area contributed by atoms with Gasteiger partial charge in [0, 0.05) is 28.2 Å². The highest BCUT2D eigenvalue weighted by Gasteiger charge is 2.19. The number of hydrogen-bond acceptors (Lipinski definition) is 6. The molecule has 0 spiro atoms. The van der Waals surface area contributed by atoms with Crippen molar-refractivity contribution < 1.29 is 14.3 Å². The second-order valence-electron chi connectivity index (χ2n) is 6.22. The molecular formula is C21H16ClN3O4S. The number of nitrogens with one attached hydrogen (secondary N) is 1. The van der Waals surface area contributed by atoms with Gasteiger partial charge < -0.3 is 14.8 Å². The number of halogens is 1. The highest BCUT2D eigenvalue weighted by atomic mass is 35.5. The van der Waals surface area contributed by atoms with Crippen LogP contribution in [-0.2, 0) is 0 Å². The van der Waals surface area contributed by atoms with Gasteiger partial charge in [0.2, 0.25) is 0 Å². The van der Waals surface area contributed by atoms with Gasteiger partial charge >= 0.3 is 0 Å². The van der Waals surface area contributed by atoms with Crippen molar-refractivity contribution in [3.05, 3.63) is 75.0 Å². The van der Waals surface area contributed by atoms with E-state index in [1.54, 1.807) is 29.6 Å². The van der Waals surface area contributed by atoms with Crippen LogP contribution in [0.2, 0.25) is 5.02 Å². The van der Waals surface area contributed by atoms with Crippen LogP contribution >= 0.6 is 22.9 Å². The van der Waals surface area contributed by atoms with Crippen LogP contribution < -0.4 is 20.3 Å². The van der Waals surface area contributed by atoms with Gasteiger partial charge in [-0.2, -0.15) is 0 Å². The molecule has 0 radical (unpaired) electrons. The molecule has 0 bridgehead atoms. The monoisotopic (exact) mass is 441 g/mol. The number of methoxy groups -OCH3 is 2. The minimum absolute atomic E-state index is 0.107. The molecule has 0 unspecified atom stereocenters. The molecule has 1 N–H and O–H groups in total. The number of nitrogens with zero attached hydrogens (tertiary/aromatic N) is 2. The van der Waals surface area contributed by atoms with Crippen molar-refractivity contribution in [3.8, 4) is 22.8 Å². The number of fused-ring (bicyclic) bond motifs is 1. The Morgan fingerprint density at radius 1 is 1.17 bits per heavy atom. The minimum Gasteiger partial charge on any atom is -0.497 e. The van der Waals surface area contributed by atoms with E-state index in [-0.39, 0.29) is 5.56 Å². The molecule has 0 atom stereocenters. The Hall–Kier alpha value is -3.36. The Labute approximate surface area is 180 Å². The lowest BCUT2D eigenvalue weighted by Gasteiger charge is -2.11. The van der Waals surface area contributed by atoms with E-state index >= 15 is 0 Å². The van der Waals surface area contributed by atoms with Gasteiger partial charge in [0.15, 0.2) is 4.96 Å². The fourth-order valence-corrected chi connectivity index (χ4v) is 4.09. The first-order chi connectivity index (χ1) is 14.5. The zero-order valence-corrected chi connectivity index (χ0v) is 17.6. The van der Waals surface area contributed by atoms with Crippen molar-refractivity contribution in [2.45, 2.75) is 0 Å². The zero-order valence-electron chi connectivity index (χ0n) is 16.0. The average molecular weight is 442 g/mol. The van der Waals surface area contributed by atoms with Crippen LogP contribution in [0.1, 0.15) is 10.4 Å². The van der Waals surface area contributed by atoms with Crippen LogP contribution in [0.3, 0.4) is 0 Å². The van der Waals surface area contributed by atoms with Crippen molar-refractivity contribution in [2.24, 2.45) is 0 Å². The number of rotatable bonds is 5. The zero-order chi connectivity index (χ0) is 21.3. The predicted molar refractivity (Wildman–Crippen MR) is 117 cm³/mol. The van der Waals surface area contributed by atoms with Gasteiger partial charge in [-0.3, -0.25) is 14.0 Å². The first-order valence-electron chi connectivity index (χ1n) is 8.81. The van der Waals surface area contributed by atoms with E-state index in [2.05, 4.69) is 10.3 Å². The average Bonchev–Trinajstić information content (AvgIpc) is 3.19. The summed E-state index contributed by atoms with van der Waals surface area (Å²) < 4.78 is 11.9. The second kappa shape index (κ2) is 8.17. The third-order valence-corrected chi connectivity index (χ3v) is 5.66. The highest BCUT2D eigenvalue weighted by Crippen LogP contribution is 2.31. The number of carbonyl (C=O) groups excluding carboxylic acids is 1. The SMILES string of the molecule is COc1ccc(OC)c(NC(=O)c2cnc3scc(-c4ccccc4Cl)n3c2=O)c1. The Bertz CT molecular complexity index is 1320. The largest absolute Gasteiger partial charge is 0.497 e. The molecule has 4 aromatic rings. The first kappa shape index (κ1) is 19.9. The highest BCUT2D eigenvalue weighted by molar-refractivity contribution is 7.15. The molecule has 152 valence electrons. The molecule has 1 amide bonds. The molecule has 30 heavy (non-hydrogen) atoms. The van der Waals surface area contributed by atoms with E-state index in [4.69, 9.17) is 21.1 Å². The molecule has 2 heterocycles. The molecule has 2 aromatic heterocycles. The molecule has 9 heteroatoms. The first-order valence-corrected chi connectivity index (χ1v) is 10.1. The van der Waals surface area contributed by atoms with Gasteiger partial charge in [-0.05, 0) is 18.2 Å². The lowest BCUT2D eigenvalue weighted by Crippen LogP contribution is -2.26. The van der Waals surface area contributed by atoms with E-state index < -0.39 is 11.5 Å². The van der Waals surface area contributed by atoms with E-state index in [1.807, 2.05) is 18.2 Å². The number of ether oxygens (including phenoxy) is 2. The summed E-state index contributed by atoms with van der Waals surface area (Å²) in [6.45, 7) is 0. The van der Waals surface area contributed by atoms with Gasteiger partial charge in [-0.25, -0.2) is 4.98 Å². The standard InChI is InChI=1S/C21H16ClN3O4S/c1-28-12-7-8-18(29-2)16(9-12)24-19(26)14-10-23-21-25(20(14)27)17(11-30-21)13-5-3-4-6-15(13)22/h3-11H,1-2H3,(H,24,26). The second-order valence-corrected chi connectivity index (χ2v) is 7.46. The Balaban J connectivity index is 1.78. The van der Waals surface area contributed by atoms with Crippen LogP contribution in [-0.4, -0.2) is 29.5 Å². The van der Waals surface area contributed by atoms with Crippen LogP contribution in [0.25, 0.3) is 16.2 Å². The van der Waals surface area contributed by atoms with E-state index in [1.165, 1.54) is 36.2 Å². The number of aromatic nitrogens is 2. The van der Waals surface area contributed by atoms with E-state index in [0.29, 0.717) is 38.4 Å². The lowest BCUT2D eigenvalue weighted by atomic mass is 10.2. The number of hydrogen-bond donors (Lipinski definition) is 1. The van der Waals surface area contributed by atoms with Crippen molar-refractivity contribution in [1.29, 1.82) is 0 Å². The minimum atomic E-state index is -0.607. The molecule has 0 aliphatic carbocycles. The van der Waals surface area contributed by atoms with Crippen LogP contribution in [0.5, 0.6) is 11.5 Å². The molecular weight excluding hydrogens is 426 g/mol. The third-order valence-electron chi connectivity index (χ3n) is 4.50. The maximum Gasteiger partial charge on any atom is 0.271 e. The maximum atomic E-state index is 13.2. The molecule has 0 aliphatic rings. The summed E-state index contributed by atoms with van der Waals surface area (Å²) in [6.07, 6.45) is 1.27. The molecule has 2 aromatic carbocycles. The van der Waals surface area contributed by atoms with Gasteiger partial charge in [0.1, 0.15) is 17.1 Å². The number of benzene rings is 2. The summed E-state index contributed by atoms with van der Waals surface area (Å²) in [5.41, 5.74) is 1.04.